The molecule has 0 spiro atoms. The van der Waals surface area contributed by atoms with Gasteiger partial charge >= 0.3 is 0 Å². The van der Waals surface area contributed by atoms with Crippen LogP contribution in [0.3, 0.4) is 0 Å². The van der Waals surface area contributed by atoms with Gasteiger partial charge in [0.25, 0.3) is 0 Å². The van der Waals surface area contributed by atoms with E-state index in [-0.39, 0.29) is 5.78 Å². The Morgan fingerprint density at radius 2 is 1.92 bits per heavy atom. The molecule has 0 atom stereocenters. The smallest absolute Gasteiger partial charge is 0.196 e. The molecule has 0 amide bonds. The number of Topliss-reactive ketones (excluding diaryl/α,β-unsaturated/α-hetero) is 1. The molecule has 4 aromatic rings. The Balaban J connectivity index is 1.79. The molecule has 6 heteroatoms. The molecule has 0 unspecified atom stereocenters. The monoisotopic (exact) mass is 337 g/mol. The molecule has 0 fully saturated rings. The SMILES string of the molecule is CC(=O)c1ccc(Nc2ncnc3c2oc2ccc(Cl)cc23)cc1. The molecule has 4 rings (SSSR count). The van der Waals surface area contributed by atoms with Crippen molar-refractivity contribution in [3.8, 4) is 0 Å². The number of nitrogens with one attached hydrogen (secondary N) is 1. The van der Waals surface area contributed by atoms with Crippen LogP contribution >= 0.6 is 11.6 Å². The van der Waals surface area contributed by atoms with Gasteiger partial charge in [-0.05, 0) is 49.4 Å². The number of carbonyl (C=O) groups excluding carboxylic acids is 1. The van der Waals surface area contributed by atoms with Gasteiger partial charge in [-0.25, -0.2) is 9.97 Å². The molecular formula is C18H12ClN3O2. The number of nitrogens with zero attached hydrogens (tertiary/aromatic N) is 2. The maximum atomic E-state index is 11.3. The van der Waals surface area contributed by atoms with Gasteiger partial charge in [0.15, 0.2) is 17.2 Å². The van der Waals surface area contributed by atoms with Crippen LogP contribution < -0.4 is 5.32 Å². The highest BCUT2D eigenvalue weighted by Gasteiger charge is 2.13. The van der Waals surface area contributed by atoms with Crippen LogP contribution in [0.4, 0.5) is 11.5 Å². The molecule has 0 saturated carbocycles. The zero-order chi connectivity index (χ0) is 16.7. The number of furan rings is 1. The Morgan fingerprint density at radius 3 is 2.67 bits per heavy atom. The molecule has 0 bridgehead atoms. The summed E-state index contributed by atoms with van der Waals surface area (Å²) in [6, 6.07) is 12.6. The lowest BCUT2D eigenvalue weighted by Gasteiger charge is -2.06. The largest absolute Gasteiger partial charge is 0.450 e. The normalized spacial score (nSPS) is 11.1. The van der Waals surface area contributed by atoms with Gasteiger partial charge in [0, 0.05) is 21.7 Å². The van der Waals surface area contributed by atoms with Crippen molar-refractivity contribution in [3.63, 3.8) is 0 Å². The molecule has 24 heavy (non-hydrogen) atoms. The van der Waals surface area contributed by atoms with E-state index in [4.69, 9.17) is 16.0 Å². The number of ketones is 1. The molecule has 0 aliphatic carbocycles. The van der Waals surface area contributed by atoms with Gasteiger partial charge in [0.1, 0.15) is 17.4 Å². The second-order valence-electron chi connectivity index (χ2n) is 5.40. The number of rotatable bonds is 3. The van der Waals surface area contributed by atoms with Crippen molar-refractivity contribution in [1.82, 2.24) is 9.97 Å². The Labute approximate surface area is 142 Å². The Morgan fingerprint density at radius 1 is 1.12 bits per heavy atom. The van der Waals surface area contributed by atoms with Gasteiger partial charge in [-0.15, -0.1) is 0 Å². The first-order valence-electron chi connectivity index (χ1n) is 7.32. The molecule has 2 heterocycles. The van der Waals surface area contributed by atoms with Crippen LogP contribution in [0.25, 0.3) is 22.1 Å². The maximum Gasteiger partial charge on any atom is 0.196 e. The Kier molecular flexibility index (Phi) is 3.43. The van der Waals surface area contributed by atoms with Crippen LogP contribution in [-0.4, -0.2) is 15.8 Å². The van der Waals surface area contributed by atoms with Gasteiger partial charge < -0.3 is 9.73 Å². The summed E-state index contributed by atoms with van der Waals surface area (Å²) >= 11 is 6.06. The molecule has 118 valence electrons. The van der Waals surface area contributed by atoms with Crippen molar-refractivity contribution in [1.29, 1.82) is 0 Å². The lowest BCUT2D eigenvalue weighted by Crippen LogP contribution is -1.96. The van der Waals surface area contributed by atoms with Gasteiger partial charge in [-0.2, -0.15) is 0 Å². The average Bonchev–Trinajstić information content (AvgIpc) is 2.94. The minimum Gasteiger partial charge on any atom is -0.450 e. The van der Waals surface area contributed by atoms with E-state index in [2.05, 4.69) is 15.3 Å². The fourth-order valence-electron chi connectivity index (χ4n) is 2.56. The summed E-state index contributed by atoms with van der Waals surface area (Å²) in [7, 11) is 0. The van der Waals surface area contributed by atoms with Gasteiger partial charge in [0.05, 0.1) is 0 Å². The summed E-state index contributed by atoms with van der Waals surface area (Å²) < 4.78 is 5.87. The van der Waals surface area contributed by atoms with Crippen molar-refractivity contribution in [2.24, 2.45) is 0 Å². The second-order valence-corrected chi connectivity index (χ2v) is 5.84. The van der Waals surface area contributed by atoms with Crippen LogP contribution in [0.1, 0.15) is 17.3 Å². The predicted octanol–water partition coefficient (Wildman–Crippen LogP) is 4.98. The van der Waals surface area contributed by atoms with E-state index in [1.54, 1.807) is 18.2 Å². The second kappa shape index (κ2) is 5.62. The highest BCUT2D eigenvalue weighted by molar-refractivity contribution is 6.31. The molecule has 0 radical (unpaired) electrons. The molecule has 0 saturated heterocycles. The summed E-state index contributed by atoms with van der Waals surface area (Å²) in [4.78, 5) is 19.9. The fourth-order valence-corrected chi connectivity index (χ4v) is 2.73. The van der Waals surface area contributed by atoms with Crippen LogP contribution in [0, 0.1) is 0 Å². The first-order chi connectivity index (χ1) is 11.6. The first-order valence-corrected chi connectivity index (χ1v) is 7.70. The number of fused-ring (bicyclic) bond motifs is 3. The van der Waals surface area contributed by atoms with Crippen LogP contribution in [-0.2, 0) is 0 Å². The molecule has 0 aliphatic rings. The van der Waals surface area contributed by atoms with Crippen molar-refractivity contribution in [2.45, 2.75) is 6.92 Å². The van der Waals surface area contributed by atoms with Crippen LogP contribution in [0.2, 0.25) is 5.02 Å². The minimum absolute atomic E-state index is 0.0279. The van der Waals surface area contributed by atoms with E-state index in [0.717, 1.165) is 11.1 Å². The fraction of sp³-hybridized carbons (Fsp3) is 0.0556. The lowest BCUT2D eigenvalue weighted by molar-refractivity contribution is 0.101. The van der Waals surface area contributed by atoms with E-state index < -0.39 is 0 Å². The van der Waals surface area contributed by atoms with E-state index in [9.17, 15) is 4.79 Å². The summed E-state index contributed by atoms with van der Waals surface area (Å²) in [6.07, 6.45) is 1.48. The summed E-state index contributed by atoms with van der Waals surface area (Å²) in [6.45, 7) is 1.54. The summed E-state index contributed by atoms with van der Waals surface area (Å²) in [5, 5.41) is 4.67. The van der Waals surface area contributed by atoms with E-state index >= 15 is 0 Å². The zero-order valence-corrected chi connectivity index (χ0v) is 13.5. The Bertz CT molecular complexity index is 1070. The molecular weight excluding hydrogens is 326 g/mol. The van der Waals surface area contributed by atoms with Crippen LogP contribution in [0.15, 0.2) is 53.2 Å². The third-order valence-electron chi connectivity index (χ3n) is 3.77. The maximum absolute atomic E-state index is 11.3. The summed E-state index contributed by atoms with van der Waals surface area (Å²) in [5.74, 6) is 0.586. The minimum atomic E-state index is 0.0279. The average molecular weight is 338 g/mol. The standard InChI is InChI=1S/C18H12ClN3O2/c1-10(23)11-2-5-13(6-3-11)22-18-17-16(20-9-21-18)14-8-12(19)4-7-15(14)24-17/h2-9H,1H3,(H,20,21,22). The zero-order valence-electron chi connectivity index (χ0n) is 12.7. The number of aromatic nitrogens is 2. The lowest BCUT2D eigenvalue weighted by atomic mass is 10.1. The number of anilines is 2. The topological polar surface area (TPSA) is 68.0 Å². The van der Waals surface area contributed by atoms with Gasteiger partial charge in [-0.3, -0.25) is 4.79 Å². The third kappa shape index (κ3) is 2.49. The molecule has 5 nitrogen and oxygen atoms in total. The van der Waals surface area contributed by atoms with E-state index in [1.165, 1.54) is 13.3 Å². The molecule has 1 N–H and O–H groups in total. The van der Waals surface area contributed by atoms with Gasteiger partial charge in [0.2, 0.25) is 0 Å². The number of carbonyl (C=O) groups is 1. The van der Waals surface area contributed by atoms with Gasteiger partial charge in [-0.1, -0.05) is 11.6 Å². The molecule has 2 aromatic heterocycles. The van der Waals surface area contributed by atoms with E-state index in [1.807, 2.05) is 24.3 Å². The number of hydrogen-bond acceptors (Lipinski definition) is 5. The van der Waals surface area contributed by atoms with Crippen molar-refractivity contribution < 1.29 is 9.21 Å². The van der Waals surface area contributed by atoms with Crippen molar-refractivity contribution in [2.75, 3.05) is 5.32 Å². The highest BCUT2D eigenvalue weighted by atomic mass is 35.5. The Hall–Kier alpha value is -2.92. The predicted molar refractivity (Wildman–Crippen MR) is 94.0 cm³/mol. The number of hydrogen-bond donors (Lipinski definition) is 1. The van der Waals surface area contributed by atoms with E-state index in [0.29, 0.717) is 33.1 Å². The highest BCUT2D eigenvalue weighted by Crippen LogP contribution is 2.33. The number of benzene rings is 2. The summed E-state index contributed by atoms with van der Waals surface area (Å²) in [5.41, 5.74) is 3.42. The van der Waals surface area contributed by atoms with Crippen molar-refractivity contribution in [3.05, 3.63) is 59.4 Å². The van der Waals surface area contributed by atoms with Crippen molar-refractivity contribution >= 4 is 51.0 Å². The first kappa shape index (κ1) is 14.7. The number of halogens is 1. The quantitative estimate of drug-likeness (QED) is 0.534. The molecule has 0 aliphatic heterocycles. The molecule has 2 aromatic carbocycles. The third-order valence-corrected chi connectivity index (χ3v) is 4.00. The van der Waals surface area contributed by atoms with Crippen LogP contribution in [0.5, 0.6) is 0 Å².